The molecule has 0 spiro atoms. The number of methoxy groups -OCH3 is 1. The fraction of sp³-hybridized carbons (Fsp3) is 0.308. The zero-order valence-electron chi connectivity index (χ0n) is 19.0. The van der Waals surface area contributed by atoms with E-state index in [2.05, 4.69) is 29.6 Å². The highest BCUT2D eigenvalue weighted by molar-refractivity contribution is 5.82. The Kier molecular flexibility index (Phi) is 8.14. The summed E-state index contributed by atoms with van der Waals surface area (Å²) in [4.78, 5) is 15.8. The highest BCUT2D eigenvalue weighted by atomic mass is 19.1. The van der Waals surface area contributed by atoms with Crippen molar-refractivity contribution in [1.82, 2.24) is 9.55 Å². The molecule has 0 saturated heterocycles. The number of pyridine rings is 1. The van der Waals surface area contributed by atoms with Crippen LogP contribution in [0.3, 0.4) is 0 Å². The molecule has 33 heavy (non-hydrogen) atoms. The maximum absolute atomic E-state index is 13.6. The first-order valence-electron chi connectivity index (χ1n) is 10.8. The van der Waals surface area contributed by atoms with Crippen molar-refractivity contribution in [2.45, 2.75) is 44.8 Å². The zero-order valence-corrected chi connectivity index (χ0v) is 19.0. The third kappa shape index (κ3) is 6.15. The minimum absolute atomic E-state index is 0.0111. The summed E-state index contributed by atoms with van der Waals surface area (Å²) < 4.78 is 20.1. The molecule has 2 N–H and O–H groups in total. The standard InChI is InChI=1S/C26H29FN2O4/c1-17(2)24-16-22(23-6-4-5-12-28-23)26(18-7-9-19(27)10-8-18)29(24)13-11-20(30)14-21(31)15-25(32)33-3/h4-13,16-17,20-21,30-31H,14-15H2,1-3H3/b13-11+. The Hall–Kier alpha value is -3.29. The van der Waals surface area contributed by atoms with Crippen molar-refractivity contribution >= 4 is 12.2 Å². The molecule has 2 heterocycles. The Morgan fingerprint density at radius 2 is 1.91 bits per heavy atom. The van der Waals surface area contributed by atoms with Gasteiger partial charge in [0.05, 0.1) is 37.1 Å². The third-order valence-electron chi connectivity index (χ3n) is 5.32. The molecule has 0 saturated carbocycles. The number of rotatable bonds is 9. The average molecular weight is 453 g/mol. The minimum atomic E-state index is -1.02. The Balaban J connectivity index is 2.04. The van der Waals surface area contributed by atoms with Crippen LogP contribution in [0.2, 0.25) is 0 Å². The van der Waals surface area contributed by atoms with Gasteiger partial charge >= 0.3 is 5.97 Å². The number of benzene rings is 1. The third-order valence-corrected chi connectivity index (χ3v) is 5.32. The molecule has 174 valence electrons. The normalized spacial score (nSPS) is 13.4. The summed E-state index contributed by atoms with van der Waals surface area (Å²) in [7, 11) is 1.25. The first-order valence-corrected chi connectivity index (χ1v) is 10.8. The van der Waals surface area contributed by atoms with E-state index in [1.807, 2.05) is 22.8 Å². The maximum Gasteiger partial charge on any atom is 0.308 e. The second kappa shape index (κ2) is 11.0. The number of esters is 1. The van der Waals surface area contributed by atoms with E-state index in [1.54, 1.807) is 30.6 Å². The molecule has 0 amide bonds. The van der Waals surface area contributed by atoms with Gasteiger partial charge in [-0.3, -0.25) is 9.78 Å². The van der Waals surface area contributed by atoms with Gasteiger partial charge in [0.25, 0.3) is 0 Å². The Morgan fingerprint density at radius 3 is 2.52 bits per heavy atom. The number of aliphatic hydroxyl groups is 2. The smallest absolute Gasteiger partial charge is 0.308 e. The van der Waals surface area contributed by atoms with E-state index in [0.717, 1.165) is 28.2 Å². The number of halogens is 1. The molecule has 0 radical (unpaired) electrons. The fourth-order valence-electron chi connectivity index (χ4n) is 3.67. The number of aromatic nitrogens is 2. The van der Waals surface area contributed by atoms with Gasteiger partial charge in [-0.2, -0.15) is 0 Å². The molecular weight excluding hydrogens is 423 g/mol. The fourth-order valence-corrected chi connectivity index (χ4v) is 3.67. The van der Waals surface area contributed by atoms with Gasteiger partial charge < -0.3 is 19.5 Å². The number of ether oxygens (including phenoxy) is 1. The number of aliphatic hydroxyl groups excluding tert-OH is 2. The number of nitrogens with zero attached hydrogens (tertiary/aromatic N) is 2. The lowest BCUT2D eigenvalue weighted by molar-refractivity contribution is -0.143. The summed E-state index contributed by atoms with van der Waals surface area (Å²) >= 11 is 0. The lowest BCUT2D eigenvalue weighted by Gasteiger charge is -2.15. The molecule has 2 unspecified atom stereocenters. The minimum Gasteiger partial charge on any atom is -0.469 e. The Morgan fingerprint density at radius 1 is 1.18 bits per heavy atom. The van der Waals surface area contributed by atoms with Crippen LogP contribution in [0.5, 0.6) is 0 Å². The van der Waals surface area contributed by atoms with Gasteiger partial charge in [0.15, 0.2) is 0 Å². The predicted molar refractivity (Wildman–Crippen MR) is 126 cm³/mol. The summed E-state index contributed by atoms with van der Waals surface area (Å²) in [6.45, 7) is 4.12. The van der Waals surface area contributed by atoms with Crippen molar-refractivity contribution in [3.05, 3.63) is 72.3 Å². The number of hydrogen-bond donors (Lipinski definition) is 2. The van der Waals surface area contributed by atoms with Crippen molar-refractivity contribution in [3.63, 3.8) is 0 Å². The van der Waals surface area contributed by atoms with Gasteiger partial charge in [-0.15, -0.1) is 0 Å². The van der Waals surface area contributed by atoms with Gasteiger partial charge in [-0.25, -0.2) is 4.39 Å². The van der Waals surface area contributed by atoms with Crippen molar-refractivity contribution in [3.8, 4) is 22.5 Å². The molecule has 0 aliphatic heterocycles. The van der Waals surface area contributed by atoms with Crippen LogP contribution in [0.1, 0.15) is 38.3 Å². The monoisotopic (exact) mass is 452 g/mol. The van der Waals surface area contributed by atoms with Crippen LogP contribution in [0.25, 0.3) is 28.7 Å². The van der Waals surface area contributed by atoms with Crippen LogP contribution in [0, 0.1) is 5.82 Å². The molecule has 2 aromatic heterocycles. The predicted octanol–water partition coefficient (Wildman–Crippen LogP) is 4.63. The maximum atomic E-state index is 13.6. The van der Waals surface area contributed by atoms with Crippen molar-refractivity contribution in [2.24, 2.45) is 0 Å². The van der Waals surface area contributed by atoms with E-state index in [0.29, 0.717) is 0 Å². The molecule has 0 bridgehead atoms. The van der Waals surface area contributed by atoms with E-state index in [-0.39, 0.29) is 24.6 Å². The molecular formula is C26H29FN2O4. The number of carbonyl (C=O) groups is 1. The van der Waals surface area contributed by atoms with Crippen LogP contribution in [-0.4, -0.2) is 45.1 Å². The number of hydrogen-bond acceptors (Lipinski definition) is 5. The molecule has 3 rings (SSSR count). The van der Waals surface area contributed by atoms with Gasteiger partial charge in [0.2, 0.25) is 0 Å². The van der Waals surface area contributed by atoms with E-state index < -0.39 is 18.2 Å². The van der Waals surface area contributed by atoms with Crippen molar-refractivity contribution < 1.29 is 24.1 Å². The summed E-state index contributed by atoms with van der Waals surface area (Å²) in [6.07, 6.45) is 2.84. The topological polar surface area (TPSA) is 84.6 Å². The van der Waals surface area contributed by atoms with Gasteiger partial charge in [0.1, 0.15) is 5.82 Å². The van der Waals surface area contributed by atoms with E-state index in [9.17, 15) is 19.4 Å². The lowest BCUT2D eigenvalue weighted by atomic mass is 10.0. The summed E-state index contributed by atoms with van der Waals surface area (Å²) in [5.41, 5.74) is 4.26. The quantitative estimate of drug-likeness (QED) is 0.463. The van der Waals surface area contributed by atoms with E-state index in [4.69, 9.17) is 0 Å². The highest BCUT2D eigenvalue weighted by Gasteiger charge is 2.20. The van der Waals surface area contributed by atoms with Gasteiger partial charge in [-0.05, 0) is 60.0 Å². The number of carbonyl (C=O) groups excluding carboxylic acids is 1. The van der Waals surface area contributed by atoms with E-state index >= 15 is 0 Å². The second-order valence-corrected chi connectivity index (χ2v) is 8.16. The van der Waals surface area contributed by atoms with Crippen LogP contribution in [0.15, 0.2) is 60.8 Å². The largest absolute Gasteiger partial charge is 0.469 e. The van der Waals surface area contributed by atoms with Gasteiger partial charge in [-0.1, -0.05) is 19.9 Å². The first kappa shape index (κ1) is 24.4. The summed E-state index contributed by atoms with van der Waals surface area (Å²) in [5.74, 6) is -0.718. The first-order chi connectivity index (χ1) is 15.8. The highest BCUT2D eigenvalue weighted by Crippen LogP contribution is 2.37. The van der Waals surface area contributed by atoms with Crippen molar-refractivity contribution in [2.75, 3.05) is 7.11 Å². The molecule has 1 aromatic carbocycles. The zero-order chi connectivity index (χ0) is 24.0. The van der Waals surface area contributed by atoms with Gasteiger partial charge in [0, 0.05) is 30.1 Å². The van der Waals surface area contributed by atoms with Crippen molar-refractivity contribution in [1.29, 1.82) is 0 Å². The molecule has 6 nitrogen and oxygen atoms in total. The van der Waals surface area contributed by atoms with Crippen LogP contribution >= 0.6 is 0 Å². The Labute approximate surface area is 193 Å². The SMILES string of the molecule is COC(=O)CC(O)CC(O)/C=C/n1c(C(C)C)cc(-c2ccccn2)c1-c1ccc(F)cc1. The van der Waals surface area contributed by atoms with E-state index in [1.165, 1.54) is 19.2 Å². The molecule has 3 aromatic rings. The Bertz CT molecular complexity index is 1090. The lowest BCUT2D eigenvalue weighted by Crippen LogP contribution is -2.20. The molecule has 0 aliphatic rings. The van der Waals surface area contributed by atoms with Crippen LogP contribution < -0.4 is 0 Å². The molecule has 7 heteroatoms. The average Bonchev–Trinajstić information content (AvgIpc) is 3.18. The second-order valence-electron chi connectivity index (χ2n) is 8.16. The van der Waals surface area contributed by atoms with Crippen LogP contribution in [-0.2, 0) is 9.53 Å². The van der Waals surface area contributed by atoms with Crippen LogP contribution in [0.4, 0.5) is 4.39 Å². The molecule has 0 fully saturated rings. The summed E-state index contributed by atoms with van der Waals surface area (Å²) in [6, 6.07) is 14.0. The summed E-state index contributed by atoms with van der Waals surface area (Å²) in [5, 5.41) is 20.5. The molecule has 2 atom stereocenters. The molecule has 0 aliphatic carbocycles.